The van der Waals surface area contributed by atoms with E-state index in [0.717, 1.165) is 0 Å². The smallest absolute Gasteiger partial charge is 0.257 e. The Bertz CT molecular complexity index is 847. The minimum atomic E-state index is -0.392. The summed E-state index contributed by atoms with van der Waals surface area (Å²) in [6.07, 6.45) is 1.39. The Hall–Kier alpha value is -2.15. The van der Waals surface area contributed by atoms with Gasteiger partial charge in [0.15, 0.2) is 0 Å². The van der Waals surface area contributed by atoms with Crippen LogP contribution < -0.4 is 5.32 Å². The van der Waals surface area contributed by atoms with Crippen molar-refractivity contribution in [3.05, 3.63) is 63.4 Å². The number of aromatic nitrogens is 4. The van der Waals surface area contributed by atoms with Gasteiger partial charge in [-0.3, -0.25) is 4.79 Å². The molecule has 0 unspecified atom stereocenters. The number of carbonyl (C=O) groups is 1. The van der Waals surface area contributed by atoms with E-state index in [2.05, 4.69) is 20.8 Å². The molecule has 1 N–H and O–H groups in total. The van der Waals surface area contributed by atoms with Gasteiger partial charge in [-0.25, -0.2) is 0 Å². The molecule has 0 fully saturated rings. The first-order valence-electron chi connectivity index (χ1n) is 6.33. The first-order valence-corrected chi connectivity index (χ1v) is 7.47. The van der Waals surface area contributed by atoms with E-state index in [-0.39, 0.29) is 0 Å². The highest BCUT2D eigenvalue weighted by Crippen LogP contribution is 2.24. The Morgan fingerprint density at radius 1 is 1.00 bits per heavy atom. The summed E-state index contributed by atoms with van der Waals surface area (Å²) in [5, 5.41) is 14.9. The zero-order valence-corrected chi connectivity index (χ0v) is 13.6. The molecule has 0 saturated carbocycles. The molecule has 0 aliphatic heterocycles. The van der Waals surface area contributed by atoms with Crippen molar-refractivity contribution in [2.45, 2.75) is 0 Å². The number of hydrogen-bond donors (Lipinski definition) is 1. The summed E-state index contributed by atoms with van der Waals surface area (Å²) in [6.45, 7) is 0. The fourth-order valence-corrected chi connectivity index (χ4v) is 2.68. The van der Waals surface area contributed by atoms with Crippen molar-refractivity contribution in [3.8, 4) is 5.69 Å². The standard InChI is InChI=1S/C14H8Cl3N5O/c15-8-1-2-13(22-7-18-20-21-22)12(6-8)14(23)19-11-4-9(16)3-10(17)5-11/h1-7H,(H,19,23). The second-order valence-corrected chi connectivity index (χ2v) is 5.84. The quantitative estimate of drug-likeness (QED) is 0.761. The summed E-state index contributed by atoms with van der Waals surface area (Å²) in [5.74, 6) is -0.392. The molecule has 1 heterocycles. The van der Waals surface area contributed by atoms with Crippen LogP contribution in [0.1, 0.15) is 10.4 Å². The predicted molar refractivity (Wildman–Crippen MR) is 88.6 cm³/mol. The molecule has 0 aliphatic rings. The van der Waals surface area contributed by atoms with Crippen LogP contribution in [0.15, 0.2) is 42.7 Å². The lowest BCUT2D eigenvalue weighted by molar-refractivity contribution is 0.102. The first kappa shape index (κ1) is 15.7. The van der Waals surface area contributed by atoms with Gasteiger partial charge in [0.25, 0.3) is 5.91 Å². The Kier molecular flexibility index (Phi) is 4.47. The highest BCUT2D eigenvalue weighted by atomic mass is 35.5. The number of nitrogens with zero attached hydrogens (tertiary/aromatic N) is 4. The molecule has 116 valence electrons. The Labute approximate surface area is 146 Å². The molecule has 1 aromatic heterocycles. The van der Waals surface area contributed by atoms with Gasteiger partial charge in [-0.15, -0.1) is 5.10 Å². The Morgan fingerprint density at radius 3 is 2.39 bits per heavy atom. The molecule has 0 saturated heterocycles. The second-order valence-electron chi connectivity index (χ2n) is 4.53. The van der Waals surface area contributed by atoms with Crippen LogP contribution >= 0.6 is 34.8 Å². The predicted octanol–water partition coefficient (Wildman–Crippen LogP) is 3.87. The molecular formula is C14H8Cl3N5O. The van der Waals surface area contributed by atoms with Crippen molar-refractivity contribution in [3.63, 3.8) is 0 Å². The third-order valence-corrected chi connectivity index (χ3v) is 3.59. The summed E-state index contributed by atoms with van der Waals surface area (Å²) in [4.78, 5) is 12.6. The van der Waals surface area contributed by atoms with Crippen molar-refractivity contribution < 1.29 is 4.79 Å². The topological polar surface area (TPSA) is 72.7 Å². The molecule has 0 aliphatic carbocycles. The van der Waals surface area contributed by atoms with Crippen LogP contribution in [0.5, 0.6) is 0 Å². The average Bonchev–Trinajstić information content (AvgIpc) is 3.00. The van der Waals surface area contributed by atoms with Gasteiger partial charge in [-0.05, 0) is 46.8 Å². The van der Waals surface area contributed by atoms with Crippen molar-refractivity contribution in [2.75, 3.05) is 5.32 Å². The first-order chi connectivity index (χ1) is 11.0. The molecule has 0 radical (unpaired) electrons. The summed E-state index contributed by atoms with van der Waals surface area (Å²) >= 11 is 17.9. The molecule has 3 aromatic rings. The van der Waals surface area contributed by atoms with E-state index in [0.29, 0.717) is 32.0 Å². The second kappa shape index (κ2) is 6.54. The lowest BCUT2D eigenvalue weighted by Crippen LogP contribution is -2.15. The van der Waals surface area contributed by atoms with Crippen molar-refractivity contribution in [2.24, 2.45) is 0 Å². The van der Waals surface area contributed by atoms with Crippen molar-refractivity contribution in [1.29, 1.82) is 0 Å². The van der Waals surface area contributed by atoms with E-state index in [1.807, 2.05) is 0 Å². The molecule has 0 spiro atoms. The number of rotatable bonds is 3. The number of halogens is 3. The monoisotopic (exact) mass is 367 g/mol. The van der Waals surface area contributed by atoms with Crippen LogP contribution in [0.25, 0.3) is 5.69 Å². The third-order valence-electron chi connectivity index (χ3n) is 2.92. The van der Waals surface area contributed by atoms with E-state index < -0.39 is 5.91 Å². The van der Waals surface area contributed by atoms with Crippen molar-refractivity contribution >= 4 is 46.4 Å². The number of amides is 1. The van der Waals surface area contributed by atoms with Gasteiger partial charge in [-0.2, -0.15) is 4.68 Å². The maximum absolute atomic E-state index is 12.6. The molecule has 3 rings (SSSR count). The molecule has 2 aromatic carbocycles. The minimum Gasteiger partial charge on any atom is -0.322 e. The van der Waals surface area contributed by atoms with Gasteiger partial charge in [0.05, 0.1) is 11.3 Å². The molecule has 0 atom stereocenters. The van der Waals surface area contributed by atoms with E-state index in [4.69, 9.17) is 34.8 Å². The fourth-order valence-electron chi connectivity index (χ4n) is 1.99. The SMILES string of the molecule is O=C(Nc1cc(Cl)cc(Cl)c1)c1cc(Cl)ccc1-n1cnnn1. The van der Waals surface area contributed by atoms with E-state index in [9.17, 15) is 4.79 Å². The van der Waals surface area contributed by atoms with Crippen LogP contribution in [-0.2, 0) is 0 Å². The summed E-state index contributed by atoms with van der Waals surface area (Å²) in [7, 11) is 0. The van der Waals surface area contributed by atoms with E-state index >= 15 is 0 Å². The van der Waals surface area contributed by atoms with Gasteiger partial charge in [0.1, 0.15) is 6.33 Å². The number of anilines is 1. The number of carbonyl (C=O) groups excluding carboxylic acids is 1. The molecule has 9 heteroatoms. The summed E-state index contributed by atoms with van der Waals surface area (Å²) in [6, 6.07) is 9.58. The maximum Gasteiger partial charge on any atom is 0.257 e. The molecule has 0 bridgehead atoms. The summed E-state index contributed by atoms with van der Waals surface area (Å²) < 4.78 is 1.37. The molecular weight excluding hydrogens is 361 g/mol. The largest absolute Gasteiger partial charge is 0.322 e. The fraction of sp³-hybridized carbons (Fsp3) is 0. The zero-order valence-electron chi connectivity index (χ0n) is 11.4. The lowest BCUT2D eigenvalue weighted by Gasteiger charge is -2.10. The third kappa shape index (κ3) is 3.61. The van der Waals surface area contributed by atoms with Crippen LogP contribution in [-0.4, -0.2) is 26.1 Å². The number of nitrogens with one attached hydrogen (secondary N) is 1. The van der Waals surface area contributed by atoms with Gasteiger partial charge < -0.3 is 5.32 Å². The van der Waals surface area contributed by atoms with Crippen LogP contribution in [0.2, 0.25) is 15.1 Å². The molecule has 23 heavy (non-hydrogen) atoms. The number of tetrazole rings is 1. The maximum atomic E-state index is 12.6. The molecule has 6 nitrogen and oxygen atoms in total. The van der Waals surface area contributed by atoms with Gasteiger partial charge in [0, 0.05) is 20.8 Å². The number of hydrogen-bond acceptors (Lipinski definition) is 4. The normalized spacial score (nSPS) is 10.6. The van der Waals surface area contributed by atoms with Crippen LogP contribution in [0, 0.1) is 0 Å². The average molecular weight is 369 g/mol. The van der Waals surface area contributed by atoms with Crippen molar-refractivity contribution in [1.82, 2.24) is 20.2 Å². The Balaban J connectivity index is 1.97. The highest BCUT2D eigenvalue weighted by molar-refractivity contribution is 6.35. The van der Waals surface area contributed by atoms with Gasteiger partial charge >= 0.3 is 0 Å². The highest BCUT2D eigenvalue weighted by Gasteiger charge is 2.15. The van der Waals surface area contributed by atoms with Crippen LogP contribution in [0.3, 0.4) is 0 Å². The lowest BCUT2D eigenvalue weighted by atomic mass is 10.1. The zero-order chi connectivity index (χ0) is 16.4. The minimum absolute atomic E-state index is 0.306. The van der Waals surface area contributed by atoms with Gasteiger partial charge in [-0.1, -0.05) is 34.8 Å². The van der Waals surface area contributed by atoms with E-state index in [1.165, 1.54) is 17.1 Å². The Morgan fingerprint density at radius 2 is 1.74 bits per heavy atom. The molecule has 1 amide bonds. The van der Waals surface area contributed by atoms with Crippen LogP contribution in [0.4, 0.5) is 5.69 Å². The van der Waals surface area contributed by atoms with E-state index in [1.54, 1.807) is 30.3 Å². The number of benzene rings is 2. The summed E-state index contributed by atoms with van der Waals surface area (Å²) in [5.41, 5.74) is 1.26. The van der Waals surface area contributed by atoms with Gasteiger partial charge in [0.2, 0.25) is 0 Å².